The van der Waals surface area contributed by atoms with E-state index in [2.05, 4.69) is 47.3 Å². The van der Waals surface area contributed by atoms with Gasteiger partial charge in [0.1, 0.15) is 5.75 Å². The predicted molar refractivity (Wildman–Crippen MR) is 146 cm³/mol. The molecule has 0 saturated heterocycles. The van der Waals surface area contributed by atoms with Crippen LogP contribution in [-0.2, 0) is 13.5 Å². The maximum atomic E-state index is 11.6. The number of H-pyrrole nitrogens is 1. The van der Waals surface area contributed by atoms with E-state index in [1.54, 1.807) is 19.1 Å². The van der Waals surface area contributed by atoms with Crippen LogP contribution in [0.3, 0.4) is 0 Å². The molecule has 0 saturated carbocycles. The minimum absolute atomic E-state index is 0.0651. The molecule has 2 N–H and O–H groups in total. The third-order valence-corrected chi connectivity index (χ3v) is 6.69. The number of nitrogens with one attached hydrogen (secondary N) is 1. The fraction of sp³-hybridized carbons (Fsp3) is 0.300. The molecule has 6 heteroatoms. The number of ketones is 1. The molecule has 0 aliphatic carbocycles. The number of nitrogens with zero attached hydrogens (tertiary/aromatic N) is 3. The number of hydrogen-bond acceptors (Lipinski definition) is 4. The fourth-order valence-electron chi connectivity index (χ4n) is 4.40. The van der Waals surface area contributed by atoms with Crippen molar-refractivity contribution in [3.8, 4) is 5.75 Å². The van der Waals surface area contributed by atoms with E-state index in [1.807, 2.05) is 48.3 Å². The van der Waals surface area contributed by atoms with Gasteiger partial charge in [-0.25, -0.2) is 0 Å². The van der Waals surface area contributed by atoms with Crippen LogP contribution in [-0.4, -0.2) is 30.9 Å². The van der Waals surface area contributed by atoms with Gasteiger partial charge >= 0.3 is 0 Å². The van der Waals surface area contributed by atoms with E-state index in [0.29, 0.717) is 17.2 Å². The normalized spacial score (nSPS) is 11.9. The van der Waals surface area contributed by atoms with Gasteiger partial charge in [-0.05, 0) is 66.8 Å². The Morgan fingerprint density at radius 3 is 2.58 bits per heavy atom. The summed E-state index contributed by atoms with van der Waals surface area (Å²) in [6.07, 6.45) is 6.37. The number of rotatable bonds is 7. The number of aromatic amines is 1. The van der Waals surface area contributed by atoms with Crippen molar-refractivity contribution in [2.75, 3.05) is 0 Å². The lowest BCUT2D eigenvalue weighted by atomic mass is 9.96. The van der Waals surface area contributed by atoms with Crippen LogP contribution in [0.5, 0.6) is 5.75 Å². The first kappa shape index (κ1) is 25.2. The lowest BCUT2D eigenvalue weighted by Crippen LogP contribution is -1.94. The number of phenols is 1. The maximum Gasteiger partial charge on any atom is 0.159 e. The number of aryl methyl sites for hydroxylation is 1. The molecule has 3 aromatic carbocycles. The Labute approximate surface area is 212 Å². The molecule has 0 aliphatic heterocycles. The molecule has 2 heterocycles. The Bertz CT molecular complexity index is 1460. The van der Waals surface area contributed by atoms with E-state index in [1.165, 1.54) is 30.4 Å². The highest BCUT2D eigenvalue weighted by atomic mass is 16.3. The van der Waals surface area contributed by atoms with Crippen molar-refractivity contribution in [1.29, 1.82) is 0 Å². The second-order valence-corrected chi connectivity index (χ2v) is 9.46. The van der Waals surface area contributed by atoms with Gasteiger partial charge in [0.25, 0.3) is 0 Å². The highest BCUT2D eigenvalue weighted by Crippen LogP contribution is 2.24. The minimum atomic E-state index is 0.0651. The standard InChI is InChI=1S/C18H16N4O.C12H18O/c1-11(23)13-5-6-16-15(9-13)17(21-20-16)7-12-3-4-14-10-19-22(2)18(14)8-12;1-3-4-5-10(2)11-6-8-12(13)9-7-11/h3-6,8-10H,7H2,1-2H3,(H,20,21);6-10,13H,3-5H2,1-2H3. The first-order chi connectivity index (χ1) is 17.4. The number of phenolic OH excluding ortho intramolecular Hbond substituents is 1. The molecule has 36 heavy (non-hydrogen) atoms. The third-order valence-electron chi connectivity index (χ3n) is 6.69. The van der Waals surface area contributed by atoms with Crippen molar-refractivity contribution in [3.05, 3.63) is 89.2 Å². The second kappa shape index (κ2) is 11.2. The molecule has 1 atom stereocenters. The average Bonchev–Trinajstić information content (AvgIpc) is 3.46. The minimum Gasteiger partial charge on any atom is -0.508 e. The molecule has 2 aromatic heterocycles. The van der Waals surface area contributed by atoms with Gasteiger partial charge in [-0.1, -0.05) is 51.0 Å². The summed E-state index contributed by atoms with van der Waals surface area (Å²) in [6.45, 7) is 6.03. The second-order valence-electron chi connectivity index (χ2n) is 9.46. The molecule has 5 aromatic rings. The first-order valence-electron chi connectivity index (χ1n) is 12.5. The summed E-state index contributed by atoms with van der Waals surface area (Å²) in [5.41, 5.74) is 6.22. The number of carbonyl (C=O) groups is 1. The highest BCUT2D eigenvalue weighted by molar-refractivity contribution is 5.98. The van der Waals surface area contributed by atoms with Crippen molar-refractivity contribution < 1.29 is 9.90 Å². The number of Topliss-reactive ketones (excluding diaryl/α,β-unsaturated/α-hetero) is 1. The van der Waals surface area contributed by atoms with Crippen LogP contribution in [0.1, 0.15) is 73.1 Å². The van der Waals surface area contributed by atoms with Crippen LogP contribution in [0, 0.1) is 0 Å². The van der Waals surface area contributed by atoms with Gasteiger partial charge in [-0.3, -0.25) is 14.6 Å². The SMILES string of the molecule is CC(=O)c1ccc2n[nH]c(Cc3ccc4cnn(C)c4c3)c2c1.CCCCC(C)c1ccc(O)cc1. The number of carbonyl (C=O) groups excluding carboxylic acids is 1. The Balaban J connectivity index is 0.000000200. The van der Waals surface area contributed by atoms with Crippen LogP contribution in [0.15, 0.2) is 66.9 Å². The molecular formula is C30H34N4O2. The van der Waals surface area contributed by atoms with Crippen molar-refractivity contribution in [2.45, 2.75) is 52.4 Å². The van der Waals surface area contributed by atoms with Gasteiger partial charge in [0.05, 0.1) is 17.2 Å². The zero-order chi connectivity index (χ0) is 25.7. The fourth-order valence-corrected chi connectivity index (χ4v) is 4.40. The van der Waals surface area contributed by atoms with Gasteiger partial charge in [0.2, 0.25) is 0 Å². The van der Waals surface area contributed by atoms with E-state index in [4.69, 9.17) is 5.11 Å². The monoisotopic (exact) mass is 482 g/mol. The van der Waals surface area contributed by atoms with Gasteiger partial charge < -0.3 is 5.11 Å². The van der Waals surface area contributed by atoms with Gasteiger partial charge in [0, 0.05) is 35.5 Å². The van der Waals surface area contributed by atoms with E-state index in [-0.39, 0.29) is 5.78 Å². The highest BCUT2D eigenvalue weighted by Gasteiger charge is 2.10. The van der Waals surface area contributed by atoms with Crippen LogP contribution in [0.2, 0.25) is 0 Å². The molecule has 5 rings (SSSR count). The van der Waals surface area contributed by atoms with Crippen molar-refractivity contribution >= 4 is 27.6 Å². The zero-order valence-electron chi connectivity index (χ0n) is 21.5. The van der Waals surface area contributed by atoms with Gasteiger partial charge in [-0.2, -0.15) is 10.2 Å². The van der Waals surface area contributed by atoms with E-state index in [0.717, 1.165) is 33.9 Å². The van der Waals surface area contributed by atoms with E-state index >= 15 is 0 Å². The molecule has 0 aliphatic rings. The topological polar surface area (TPSA) is 83.8 Å². The molecule has 0 fully saturated rings. The quantitative estimate of drug-likeness (QED) is 0.246. The lowest BCUT2D eigenvalue weighted by molar-refractivity contribution is 0.101. The number of hydrogen-bond donors (Lipinski definition) is 2. The molecule has 186 valence electrons. The number of benzene rings is 3. The third kappa shape index (κ3) is 5.82. The first-order valence-corrected chi connectivity index (χ1v) is 12.5. The van der Waals surface area contributed by atoms with Crippen LogP contribution in [0.4, 0.5) is 0 Å². The largest absolute Gasteiger partial charge is 0.508 e. The van der Waals surface area contributed by atoms with Crippen LogP contribution < -0.4 is 0 Å². The molecule has 6 nitrogen and oxygen atoms in total. The van der Waals surface area contributed by atoms with Crippen molar-refractivity contribution in [1.82, 2.24) is 20.0 Å². The Kier molecular flexibility index (Phi) is 7.84. The van der Waals surface area contributed by atoms with E-state index in [9.17, 15) is 4.79 Å². The van der Waals surface area contributed by atoms with Gasteiger partial charge in [-0.15, -0.1) is 0 Å². The van der Waals surface area contributed by atoms with Crippen LogP contribution in [0.25, 0.3) is 21.8 Å². The summed E-state index contributed by atoms with van der Waals surface area (Å²) in [6, 6.07) is 19.5. The zero-order valence-corrected chi connectivity index (χ0v) is 21.5. The van der Waals surface area contributed by atoms with Crippen molar-refractivity contribution in [3.63, 3.8) is 0 Å². The molecule has 0 bridgehead atoms. The summed E-state index contributed by atoms with van der Waals surface area (Å²) in [5.74, 6) is 1.03. The van der Waals surface area contributed by atoms with Crippen molar-refractivity contribution in [2.24, 2.45) is 7.05 Å². The summed E-state index contributed by atoms with van der Waals surface area (Å²) in [7, 11) is 1.94. The average molecular weight is 483 g/mol. The molecule has 0 radical (unpaired) electrons. The van der Waals surface area contributed by atoms with Crippen LogP contribution >= 0.6 is 0 Å². The lowest BCUT2D eigenvalue weighted by Gasteiger charge is -2.10. The Morgan fingerprint density at radius 1 is 1.08 bits per heavy atom. The summed E-state index contributed by atoms with van der Waals surface area (Å²) in [5, 5.41) is 23.0. The molecule has 0 amide bonds. The summed E-state index contributed by atoms with van der Waals surface area (Å²) < 4.78 is 1.87. The predicted octanol–water partition coefficient (Wildman–Crippen LogP) is 6.93. The molecule has 1 unspecified atom stereocenters. The van der Waals surface area contributed by atoms with Gasteiger partial charge in [0.15, 0.2) is 5.78 Å². The van der Waals surface area contributed by atoms with E-state index < -0.39 is 0 Å². The Hall–Kier alpha value is -3.93. The molecular weight excluding hydrogens is 448 g/mol. The number of aromatic nitrogens is 4. The maximum absolute atomic E-state index is 11.6. The summed E-state index contributed by atoms with van der Waals surface area (Å²) >= 11 is 0. The number of unbranched alkanes of at least 4 members (excludes halogenated alkanes) is 1. The Morgan fingerprint density at radius 2 is 1.86 bits per heavy atom. The summed E-state index contributed by atoms with van der Waals surface area (Å²) in [4.78, 5) is 11.6. The molecule has 0 spiro atoms. The number of fused-ring (bicyclic) bond motifs is 2. The smallest absolute Gasteiger partial charge is 0.159 e. The number of aromatic hydroxyl groups is 1.